The molecular formula is C9H14N2O2. The molecule has 0 bridgehead atoms. The Hall–Kier alpha value is -1.42. The van der Waals surface area contributed by atoms with Crippen LogP contribution in [0.4, 0.5) is 11.4 Å². The Bertz CT molecular complexity index is 276. The van der Waals surface area contributed by atoms with Crippen molar-refractivity contribution in [3.05, 3.63) is 18.2 Å². The molecule has 1 aromatic carbocycles. The monoisotopic (exact) mass is 182 g/mol. The van der Waals surface area contributed by atoms with E-state index in [2.05, 4.69) is 5.32 Å². The Balaban J connectivity index is 2.74. The molecule has 0 heterocycles. The Kier molecular flexibility index (Phi) is 3.40. The molecule has 13 heavy (non-hydrogen) atoms. The summed E-state index contributed by atoms with van der Waals surface area (Å²) in [6.07, 6.45) is 0. The third-order valence-corrected chi connectivity index (χ3v) is 1.67. The van der Waals surface area contributed by atoms with Gasteiger partial charge < -0.3 is 20.9 Å². The van der Waals surface area contributed by atoms with Crippen LogP contribution in [0.1, 0.15) is 0 Å². The van der Waals surface area contributed by atoms with E-state index >= 15 is 0 Å². The van der Waals surface area contributed by atoms with Gasteiger partial charge in [-0.3, -0.25) is 0 Å². The SMILES string of the molecule is COc1cc(NCCO)ccc1N. The molecule has 0 atom stereocenters. The number of anilines is 2. The number of ether oxygens (including phenoxy) is 1. The van der Waals surface area contributed by atoms with Crippen LogP contribution in [0.2, 0.25) is 0 Å². The van der Waals surface area contributed by atoms with Crippen molar-refractivity contribution in [1.29, 1.82) is 0 Å². The van der Waals surface area contributed by atoms with Crippen LogP contribution in [0.3, 0.4) is 0 Å². The molecule has 0 aromatic heterocycles. The average molecular weight is 182 g/mol. The molecule has 72 valence electrons. The summed E-state index contributed by atoms with van der Waals surface area (Å²) in [5.41, 5.74) is 7.12. The van der Waals surface area contributed by atoms with Gasteiger partial charge in [-0.2, -0.15) is 0 Å². The van der Waals surface area contributed by atoms with Crippen molar-refractivity contribution in [1.82, 2.24) is 0 Å². The first-order valence-electron chi connectivity index (χ1n) is 4.06. The highest BCUT2D eigenvalue weighted by molar-refractivity contribution is 5.61. The maximum absolute atomic E-state index is 8.59. The van der Waals surface area contributed by atoms with Crippen molar-refractivity contribution in [2.75, 3.05) is 31.3 Å². The van der Waals surface area contributed by atoms with Gasteiger partial charge in [-0.15, -0.1) is 0 Å². The van der Waals surface area contributed by atoms with Crippen molar-refractivity contribution in [3.8, 4) is 5.75 Å². The summed E-state index contributed by atoms with van der Waals surface area (Å²) in [6.45, 7) is 0.625. The molecular weight excluding hydrogens is 168 g/mol. The second-order valence-corrected chi connectivity index (χ2v) is 2.61. The lowest BCUT2D eigenvalue weighted by Crippen LogP contribution is -2.05. The second kappa shape index (κ2) is 4.57. The van der Waals surface area contributed by atoms with Gasteiger partial charge in [0, 0.05) is 18.3 Å². The molecule has 0 aliphatic rings. The summed E-state index contributed by atoms with van der Waals surface area (Å²) < 4.78 is 5.04. The van der Waals surface area contributed by atoms with Crippen LogP contribution in [-0.4, -0.2) is 25.4 Å². The number of aliphatic hydroxyl groups is 1. The lowest BCUT2D eigenvalue weighted by atomic mass is 10.2. The summed E-state index contributed by atoms with van der Waals surface area (Å²) in [4.78, 5) is 0. The maximum Gasteiger partial charge on any atom is 0.143 e. The van der Waals surface area contributed by atoms with E-state index in [9.17, 15) is 0 Å². The predicted molar refractivity (Wildman–Crippen MR) is 53.0 cm³/mol. The van der Waals surface area contributed by atoms with Gasteiger partial charge in [0.25, 0.3) is 0 Å². The van der Waals surface area contributed by atoms with Crippen LogP contribution < -0.4 is 15.8 Å². The van der Waals surface area contributed by atoms with E-state index in [4.69, 9.17) is 15.6 Å². The number of nitrogens with two attached hydrogens (primary N) is 1. The van der Waals surface area contributed by atoms with Crippen molar-refractivity contribution >= 4 is 11.4 Å². The van der Waals surface area contributed by atoms with E-state index in [1.165, 1.54) is 0 Å². The van der Waals surface area contributed by atoms with E-state index in [0.29, 0.717) is 18.0 Å². The van der Waals surface area contributed by atoms with E-state index in [1.54, 1.807) is 19.2 Å². The number of nitrogens with one attached hydrogen (secondary N) is 1. The first-order valence-corrected chi connectivity index (χ1v) is 4.06. The van der Waals surface area contributed by atoms with Crippen molar-refractivity contribution in [2.45, 2.75) is 0 Å². The molecule has 0 spiro atoms. The third-order valence-electron chi connectivity index (χ3n) is 1.67. The fourth-order valence-electron chi connectivity index (χ4n) is 1.02. The zero-order valence-corrected chi connectivity index (χ0v) is 7.58. The van der Waals surface area contributed by atoms with Gasteiger partial charge in [0.1, 0.15) is 5.75 Å². The normalized spacial score (nSPS) is 9.69. The summed E-state index contributed by atoms with van der Waals surface area (Å²) in [5.74, 6) is 0.642. The maximum atomic E-state index is 8.59. The largest absolute Gasteiger partial charge is 0.495 e. The fourth-order valence-corrected chi connectivity index (χ4v) is 1.02. The minimum Gasteiger partial charge on any atom is -0.495 e. The molecule has 0 amide bonds. The van der Waals surface area contributed by atoms with Gasteiger partial charge in [-0.25, -0.2) is 0 Å². The van der Waals surface area contributed by atoms with Crippen LogP contribution in [0, 0.1) is 0 Å². The van der Waals surface area contributed by atoms with Gasteiger partial charge in [-0.1, -0.05) is 0 Å². The molecule has 1 aromatic rings. The van der Waals surface area contributed by atoms with E-state index in [0.717, 1.165) is 5.69 Å². The third kappa shape index (κ3) is 2.52. The number of hydrogen-bond acceptors (Lipinski definition) is 4. The molecule has 4 heteroatoms. The Morgan fingerprint density at radius 1 is 1.54 bits per heavy atom. The van der Waals surface area contributed by atoms with Gasteiger partial charge in [0.15, 0.2) is 0 Å². The van der Waals surface area contributed by atoms with Crippen LogP contribution >= 0.6 is 0 Å². The molecule has 0 saturated carbocycles. The van der Waals surface area contributed by atoms with Gasteiger partial charge in [0.05, 0.1) is 19.4 Å². The lowest BCUT2D eigenvalue weighted by Gasteiger charge is -2.08. The quantitative estimate of drug-likeness (QED) is 0.599. The molecule has 1 rings (SSSR count). The highest BCUT2D eigenvalue weighted by Crippen LogP contribution is 2.24. The first kappa shape index (κ1) is 9.67. The zero-order chi connectivity index (χ0) is 9.68. The summed E-state index contributed by atoms with van der Waals surface area (Å²) in [5, 5.41) is 11.6. The Morgan fingerprint density at radius 3 is 2.92 bits per heavy atom. The number of hydrogen-bond donors (Lipinski definition) is 3. The minimum absolute atomic E-state index is 0.104. The van der Waals surface area contributed by atoms with Crippen LogP contribution in [0.5, 0.6) is 5.75 Å². The number of nitrogen functional groups attached to an aromatic ring is 1. The fraction of sp³-hybridized carbons (Fsp3) is 0.333. The van der Waals surface area contributed by atoms with Gasteiger partial charge in [0.2, 0.25) is 0 Å². The number of aliphatic hydroxyl groups excluding tert-OH is 1. The van der Waals surface area contributed by atoms with Crippen molar-refractivity contribution < 1.29 is 9.84 Å². The van der Waals surface area contributed by atoms with Crippen LogP contribution in [0.15, 0.2) is 18.2 Å². The number of methoxy groups -OCH3 is 1. The Labute approximate surface area is 77.3 Å². The van der Waals surface area contributed by atoms with E-state index in [1.807, 2.05) is 6.07 Å². The summed E-state index contributed by atoms with van der Waals surface area (Å²) in [7, 11) is 1.57. The Morgan fingerprint density at radius 2 is 2.31 bits per heavy atom. The predicted octanol–water partition coefficient (Wildman–Crippen LogP) is 0.682. The molecule has 0 radical (unpaired) electrons. The topological polar surface area (TPSA) is 67.5 Å². The summed E-state index contributed by atoms with van der Waals surface area (Å²) in [6, 6.07) is 5.40. The van der Waals surface area contributed by atoms with Crippen LogP contribution in [-0.2, 0) is 0 Å². The average Bonchev–Trinajstić information content (AvgIpc) is 2.16. The van der Waals surface area contributed by atoms with Crippen molar-refractivity contribution in [3.63, 3.8) is 0 Å². The summed E-state index contributed by atoms with van der Waals surface area (Å²) >= 11 is 0. The number of rotatable bonds is 4. The molecule has 0 aliphatic heterocycles. The highest BCUT2D eigenvalue weighted by atomic mass is 16.5. The molecule has 0 fully saturated rings. The standard InChI is InChI=1S/C9H14N2O2/c1-13-9-6-7(11-4-5-12)2-3-8(9)10/h2-3,6,11-12H,4-5,10H2,1H3. The number of benzene rings is 1. The lowest BCUT2D eigenvalue weighted by molar-refractivity contribution is 0.311. The molecule has 4 nitrogen and oxygen atoms in total. The smallest absolute Gasteiger partial charge is 0.143 e. The van der Waals surface area contributed by atoms with E-state index < -0.39 is 0 Å². The minimum atomic E-state index is 0.104. The molecule has 0 aliphatic carbocycles. The van der Waals surface area contributed by atoms with Gasteiger partial charge in [-0.05, 0) is 12.1 Å². The highest BCUT2D eigenvalue weighted by Gasteiger charge is 1.99. The second-order valence-electron chi connectivity index (χ2n) is 2.61. The van der Waals surface area contributed by atoms with E-state index in [-0.39, 0.29) is 6.61 Å². The van der Waals surface area contributed by atoms with Crippen molar-refractivity contribution in [2.24, 2.45) is 0 Å². The zero-order valence-electron chi connectivity index (χ0n) is 7.58. The molecule has 4 N–H and O–H groups in total. The molecule has 0 saturated heterocycles. The van der Waals surface area contributed by atoms with Gasteiger partial charge >= 0.3 is 0 Å². The van der Waals surface area contributed by atoms with Crippen LogP contribution in [0.25, 0.3) is 0 Å². The first-order chi connectivity index (χ1) is 6.27. The molecule has 0 unspecified atom stereocenters.